The zero-order valence-electron chi connectivity index (χ0n) is 11.4. The van der Waals surface area contributed by atoms with E-state index in [4.69, 9.17) is 0 Å². The summed E-state index contributed by atoms with van der Waals surface area (Å²) in [6, 6.07) is 9.42. The lowest BCUT2D eigenvalue weighted by Gasteiger charge is -2.13. The number of rotatable bonds is 5. The van der Waals surface area contributed by atoms with Crippen LogP contribution in [0.5, 0.6) is 0 Å². The first-order valence-electron chi connectivity index (χ1n) is 6.46. The van der Waals surface area contributed by atoms with Crippen LogP contribution in [-0.4, -0.2) is 6.04 Å². The third-order valence-electron chi connectivity index (χ3n) is 3.35. The molecule has 0 spiro atoms. The van der Waals surface area contributed by atoms with Gasteiger partial charge in [0.1, 0.15) is 0 Å². The molecule has 0 saturated heterocycles. The molecular weight excluding hydrogens is 238 g/mol. The molecule has 1 N–H and O–H groups in total. The van der Waals surface area contributed by atoms with E-state index in [2.05, 4.69) is 61.1 Å². The minimum absolute atomic E-state index is 0.515. The van der Waals surface area contributed by atoms with Crippen molar-refractivity contribution >= 4 is 11.3 Å². The van der Waals surface area contributed by atoms with Crippen molar-refractivity contribution in [1.29, 1.82) is 0 Å². The molecule has 1 aromatic heterocycles. The molecule has 2 rings (SSSR count). The number of nitrogens with one attached hydrogen (secondary N) is 1. The molecule has 1 aromatic carbocycles. The summed E-state index contributed by atoms with van der Waals surface area (Å²) in [4.78, 5) is 0. The molecule has 2 aromatic rings. The van der Waals surface area contributed by atoms with Gasteiger partial charge in [-0.2, -0.15) is 11.3 Å². The highest BCUT2D eigenvalue weighted by Gasteiger charge is 2.04. The molecule has 0 amide bonds. The Hall–Kier alpha value is -1.12. The fraction of sp³-hybridized carbons (Fsp3) is 0.375. The minimum Gasteiger partial charge on any atom is -0.310 e. The molecular formula is C16H21NS. The number of thiophene rings is 1. The molecule has 0 aliphatic heterocycles. The van der Waals surface area contributed by atoms with Crippen molar-refractivity contribution < 1.29 is 0 Å². The van der Waals surface area contributed by atoms with Crippen LogP contribution in [0.4, 0.5) is 0 Å². The Balaban J connectivity index is 1.85. The third-order valence-corrected chi connectivity index (χ3v) is 4.08. The second kappa shape index (κ2) is 6.17. The van der Waals surface area contributed by atoms with Crippen LogP contribution in [0.15, 0.2) is 35.0 Å². The quantitative estimate of drug-likeness (QED) is 0.853. The van der Waals surface area contributed by atoms with Crippen molar-refractivity contribution in [2.45, 2.75) is 39.8 Å². The number of aryl methyl sites for hydroxylation is 2. The van der Waals surface area contributed by atoms with E-state index < -0.39 is 0 Å². The Morgan fingerprint density at radius 1 is 1.11 bits per heavy atom. The lowest BCUT2D eigenvalue weighted by atomic mass is 10.1. The molecule has 18 heavy (non-hydrogen) atoms. The first-order chi connectivity index (χ1) is 8.65. The summed E-state index contributed by atoms with van der Waals surface area (Å²) in [6.07, 6.45) is 1.11. The van der Waals surface area contributed by atoms with Crippen LogP contribution >= 0.6 is 11.3 Å². The zero-order valence-corrected chi connectivity index (χ0v) is 12.2. The van der Waals surface area contributed by atoms with E-state index in [0.717, 1.165) is 13.0 Å². The Morgan fingerprint density at radius 2 is 1.94 bits per heavy atom. The zero-order chi connectivity index (χ0) is 13.0. The van der Waals surface area contributed by atoms with Crippen LogP contribution in [0.1, 0.15) is 29.2 Å². The Bertz CT molecular complexity index is 488. The minimum atomic E-state index is 0.515. The van der Waals surface area contributed by atoms with Crippen LogP contribution in [0.2, 0.25) is 0 Å². The summed E-state index contributed by atoms with van der Waals surface area (Å²) in [5.41, 5.74) is 5.54. The molecule has 0 radical (unpaired) electrons. The maximum atomic E-state index is 3.59. The van der Waals surface area contributed by atoms with E-state index in [1.165, 1.54) is 22.3 Å². The Kier molecular flexibility index (Phi) is 4.56. The van der Waals surface area contributed by atoms with E-state index >= 15 is 0 Å². The van der Waals surface area contributed by atoms with Gasteiger partial charge in [-0.25, -0.2) is 0 Å². The molecule has 1 unspecified atom stereocenters. The summed E-state index contributed by atoms with van der Waals surface area (Å²) in [5.74, 6) is 0. The highest BCUT2D eigenvalue weighted by atomic mass is 32.1. The van der Waals surface area contributed by atoms with Gasteiger partial charge in [-0.15, -0.1) is 0 Å². The third kappa shape index (κ3) is 3.69. The van der Waals surface area contributed by atoms with Gasteiger partial charge < -0.3 is 5.32 Å². The van der Waals surface area contributed by atoms with Crippen molar-refractivity contribution in [1.82, 2.24) is 5.32 Å². The number of hydrogen-bond donors (Lipinski definition) is 1. The molecule has 96 valence electrons. The van der Waals surface area contributed by atoms with Gasteiger partial charge in [-0.05, 0) is 66.3 Å². The fourth-order valence-electron chi connectivity index (χ4n) is 2.04. The average Bonchev–Trinajstić information content (AvgIpc) is 2.83. The van der Waals surface area contributed by atoms with Gasteiger partial charge in [0.05, 0.1) is 0 Å². The second-order valence-corrected chi connectivity index (χ2v) is 5.82. The topological polar surface area (TPSA) is 12.0 Å². The van der Waals surface area contributed by atoms with E-state index in [1.54, 1.807) is 11.3 Å². The Labute approximate surface area is 114 Å². The molecule has 1 nitrogen and oxygen atoms in total. The molecule has 2 heteroatoms. The van der Waals surface area contributed by atoms with Crippen LogP contribution in [-0.2, 0) is 13.0 Å². The molecule has 0 bridgehead atoms. The van der Waals surface area contributed by atoms with Crippen LogP contribution in [0.3, 0.4) is 0 Å². The van der Waals surface area contributed by atoms with Gasteiger partial charge >= 0.3 is 0 Å². The van der Waals surface area contributed by atoms with Crippen molar-refractivity contribution in [3.8, 4) is 0 Å². The van der Waals surface area contributed by atoms with Crippen molar-refractivity contribution in [2.75, 3.05) is 0 Å². The predicted molar refractivity (Wildman–Crippen MR) is 80.2 cm³/mol. The summed E-state index contributed by atoms with van der Waals surface area (Å²) in [5, 5.41) is 7.96. The SMILES string of the molecule is Cc1ccc(CNC(C)Cc2ccsc2)cc1C. The molecule has 0 aliphatic rings. The first kappa shape index (κ1) is 13.3. The van der Waals surface area contributed by atoms with Crippen LogP contribution in [0, 0.1) is 13.8 Å². The molecule has 1 atom stereocenters. The van der Waals surface area contributed by atoms with Crippen molar-refractivity contribution in [2.24, 2.45) is 0 Å². The van der Waals surface area contributed by atoms with Crippen LogP contribution in [0.25, 0.3) is 0 Å². The number of hydrogen-bond acceptors (Lipinski definition) is 2. The maximum Gasteiger partial charge on any atom is 0.0208 e. The average molecular weight is 259 g/mol. The Morgan fingerprint density at radius 3 is 2.61 bits per heavy atom. The lowest BCUT2D eigenvalue weighted by molar-refractivity contribution is 0.546. The lowest BCUT2D eigenvalue weighted by Crippen LogP contribution is -2.27. The standard InChI is InChI=1S/C16H21NS/c1-12-4-5-15(8-13(12)2)10-17-14(3)9-16-6-7-18-11-16/h4-8,11,14,17H,9-10H2,1-3H3. The molecule has 0 fully saturated rings. The van der Waals surface area contributed by atoms with Crippen LogP contribution < -0.4 is 5.32 Å². The summed E-state index contributed by atoms with van der Waals surface area (Å²) >= 11 is 1.77. The highest BCUT2D eigenvalue weighted by molar-refractivity contribution is 7.07. The normalized spacial score (nSPS) is 12.6. The molecule has 0 aliphatic carbocycles. The highest BCUT2D eigenvalue weighted by Crippen LogP contribution is 2.11. The van der Waals surface area contributed by atoms with E-state index in [1.807, 2.05) is 0 Å². The van der Waals surface area contributed by atoms with E-state index in [-0.39, 0.29) is 0 Å². The maximum absolute atomic E-state index is 3.59. The monoisotopic (exact) mass is 259 g/mol. The second-order valence-electron chi connectivity index (χ2n) is 5.04. The van der Waals surface area contributed by atoms with Gasteiger partial charge in [0.2, 0.25) is 0 Å². The smallest absolute Gasteiger partial charge is 0.0208 e. The van der Waals surface area contributed by atoms with E-state index in [0.29, 0.717) is 6.04 Å². The van der Waals surface area contributed by atoms with Crippen molar-refractivity contribution in [3.05, 3.63) is 57.3 Å². The van der Waals surface area contributed by atoms with E-state index in [9.17, 15) is 0 Å². The first-order valence-corrected chi connectivity index (χ1v) is 7.40. The van der Waals surface area contributed by atoms with Gasteiger partial charge in [0.15, 0.2) is 0 Å². The fourth-order valence-corrected chi connectivity index (χ4v) is 2.72. The van der Waals surface area contributed by atoms with Gasteiger partial charge in [-0.3, -0.25) is 0 Å². The van der Waals surface area contributed by atoms with Gasteiger partial charge in [-0.1, -0.05) is 18.2 Å². The predicted octanol–water partition coefficient (Wildman–Crippen LogP) is 4.09. The molecule has 0 saturated carbocycles. The number of benzene rings is 1. The van der Waals surface area contributed by atoms with Gasteiger partial charge in [0, 0.05) is 12.6 Å². The van der Waals surface area contributed by atoms with Crippen molar-refractivity contribution in [3.63, 3.8) is 0 Å². The summed E-state index contributed by atoms with van der Waals surface area (Å²) in [6.45, 7) is 7.53. The van der Waals surface area contributed by atoms with Gasteiger partial charge in [0.25, 0.3) is 0 Å². The summed E-state index contributed by atoms with van der Waals surface area (Å²) in [7, 11) is 0. The summed E-state index contributed by atoms with van der Waals surface area (Å²) < 4.78 is 0. The largest absolute Gasteiger partial charge is 0.310 e. The molecule has 1 heterocycles.